The molecule has 1 rings (SSSR count). The first-order chi connectivity index (χ1) is 7.15. The van der Waals surface area contributed by atoms with Gasteiger partial charge in [-0.05, 0) is 24.5 Å². The van der Waals surface area contributed by atoms with Crippen LogP contribution in [-0.4, -0.2) is 23.6 Å². The van der Waals surface area contributed by atoms with Crippen LogP contribution in [-0.2, 0) is 6.42 Å². The molecular formula is C13H19NO. The third kappa shape index (κ3) is 3.31. The Morgan fingerprint density at radius 1 is 1.40 bits per heavy atom. The van der Waals surface area contributed by atoms with Gasteiger partial charge in [0, 0.05) is 19.3 Å². The number of hydrogen-bond donors (Lipinski definition) is 1. The molecular weight excluding hydrogens is 186 g/mol. The molecule has 2 heteroatoms. The topological polar surface area (TPSA) is 23.5 Å². The summed E-state index contributed by atoms with van der Waals surface area (Å²) in [5.74, 6) is 0.382. The number of likely N-dealkylation sites (N-methyl/N-ethyl adjacent to an activating group) is 1. The molecule has 0 bridgehead atoms. The van der Waals surface area contributed by atoms with Crippen LogP contribution in [0.2, 0.25) is 0 Å². The van der Waals surface area contributed by atoms with E-state index in [1.165, 1.54) is 0 Å². The number of para-hydroxylation sites is 1. The Balaban J connectivity index is 2.50. The highest BCUT2D eigenvalue weighted by molar-refractivity contribution is 5.31. The Kier molecular flexibility index (Phi) is 4.22. The molecule has 1 N–H and O–H groups in total. The lowest BCUT2D eigenvalue weighted by Crippen LogP contribution is -2.19. The van der Waals surface area contributed by atoms with Crippen LogP contribution in [0.3, 0.4) is 0 Å². The van der Waals surface area contributed by atoms with Crippen LogP contribution >= 0.6 is 0 Å². The molecule has 0 saturated carbocycles. The predicted molar refractivity (Wildman–Crippen MR) is 63.9 cm³/mol. The fourth-order valence-electron chi connectivity index (χ4n) is 1.44. The van der Waals surface area contributed by atoms with E-state index in [-0.39, 0.29) is 0 Å². The van der Waals surface area contributed by atoms with E-state index in [0.717, 1.165) is 30.6 Å². The Morgan fingerprint density at radius 2 is 2.07 bits per heavy atom. The Bertz CT molecular complexity index is 333. The second kappa shape index (κ2) is 5.44. The van der Waals surface area contributed by atoms with Crippen LogP contribution in [0.5, 0.6) is 5.75 Å². The second-order valence-corrected chi connectivity index (χ2v) is 3.72. The van der Waals surface area contributed by atoms with Crippen molar-refractivity contribution in [3.8, 4) is 5.75 Å². The van der Waals surface area contributed by atoms with E-state index >= 15 is 0 Å². The summed E-state index contributed by atoms with van der Waals surface area (Å²) in [4.78, 5) is 2.13. The van der Waals surface area contributed by atoms with Crippen molar-refractivity contribution in [2.24, 2.45) is 0 Å². The van der Waals surface area contributed by atoms with Crippen molar-refractivity contribution in [3.63, 3.8) is 0 Å². The zero-order chi connectivity index (χ0) is 11.3. The van der Waals surface area contributed by atoms with Gasteiger partial charge >= 0.3 is 0 Å². The van der Waals surface area contributed by atoms with Crippen molar-refractivity contribution in [1.29, 1.82) is 0 Å². The maximum absolute atomic E-state index is 9.58. The maximum atomic E-state index is 9.58. The van der Waals surface area contributed by atoms with Gasteiger partial charge in [0.25, 0.3) is 0 Å². The molecule has 2 nitrogen and oxygen atoms in total. The molecule has 0 aliphatic carbocycles. The molecule has 15 heavy (non-hydrogen) atoms. The molecule has 1 aromatic rings. The zero-order valence-electron chi connectivity index (χ0n) is 9.53. The van der Waals surface area contributed by atoms with Crippen LogP contribution in [0.4, 0.5) is 0 Å². The monoisotopic (exact) mass is 205 g/mol. The van der Waals surface area contributed by atoms with Crippen LogP contribution in [0, 0.1) is 0 Å². The smallest absolute Gasteiger partial charge is 0.118 e. The van der Waals surface area contributed by atoms with Crippen molar-refractivity contribution in [1.82, 2.24) is 4.90 Å². The average Bonchev–Trinajstić information content (AvgIpc) is 2.26. The van der Waals surface area contributed by atoms with Crippen molar-refractivity contribution < 1.29 is 5.11 Å². The zero-order valence-corrected chi connectivity index (χ0v) is 9.53. The number of aromatic hydroxyl groups is 1. The number of phenols is 1. The van der Waals surface area contributed by atoms with E-state index in [4.69, 9.17) is 0 Å². The highest BCUT2D eigenvalue weighted by atomic mass is 16.3. The molecule has 0 radical (unpaired) electrons. The number of nitrogens with zero attached hydrogens (tertiary/aromatic N) is 1. The van der Waals surface area contributed by atoms with E-state index in [9.17, 15) is 5.11 Å². The van der Waals surface area contributed by atoms with Crippen LogP contribution in [0.25, 0.3) is 0 Å². The quantitative estimate of drug-likeness (QED) is 0.799. The lowest BCUT2D eigenvalue weighted by molar-refractivity contribution is 0.405. The van der Waals surface area contributed by atoms with Crippen molar-refractivity contribution >= 4 is 0 Å². The van der Waals surface area contributed by atoms with Gasteiger partial charge < -0.3 is 10.0 Å². The number of phenolic OH excluding ortho intramolecular Hbond substituents is 1. The van der Waals surface area contributed by atoms with Crippen molar-refractivity contribution in [2.75, 3.05) is 13.6 Å². The standard InChI is InChI=1S/C13H19NO/c1-4-11(2)14(3)10-9-12-7-5-6-8-13(12)15/h5-8,15H,2,4,9-10H2,1,3H3. The summed E-state index contributed by atoms with van der Waals surface area (Å²) in [6.45, 7) is 6.96. The van der Waals surface area contributed by atoms with Crippen molar-refractivity contribution in [3.05, 3.63) is 42.1 Å². The second-order valence-electron chi connectivity index (χ2n) is 3.72. The number of allylic oxidation sites excluding steroid dienone is 1. The van der Waals surface area contributed by atoms with Gasteiger partial charge in [-0.1, -0.05) is 31.7 Å². The molecule has 0 unspecified atom stereocenters. The minimum atomic E-state index is 0.382. The van der Waals surface area contributed by atoms with Gasteiger partial charge in [0.05, 0.1) is 0 Å². The highest BCUT2D eigenvalue weighted by Gasteiger charge is 2.03. The molecule has 0 fully saturated rings. The minimum absolute atomic E-state index is 0.382. The molecule has 0 aromatic heterocycles. The SMILES string of the molecule is C=C(CC)N(C)CCc1ccccc1O. The molecule has 0 aliphatic rings. The molecule has 0 saturated heterocycles. The fourth-order valence-corrected chi connectivity index (χ4v) is 1.44. The Morgan fingerprint density at radius 3 is 2.67 bits per heavy atom. The molecule has 0 atom stereocenters. The lowest BCUT2D eigenvalue weighted by Gasteiger charge is -2.20. The molecule has 0 heterocycles. The first-order valence-corrected chi connectivity index (χ1v) is 5.31. The normalized spacial score (nSPS) is 10.0. The number of rotatable bonds is 5. The molecule has 0 aliphatic heterocycles. The number of hydrogen-bond acceptors (Lipinski definition) is 2. The first kappa shape index (κ1) is 11.6. The minimum Gasteiger partial charge on any atom is -0.508 e. The van der Waals surface area contributed by atoms with Gasteiger partial charge in [-0.3, -0.25) is 0 Å². The third-order valence-corrected chi connectivity index (χ3v) is 2.66. The molecule has 0 spiro atoms. The Hall–Kier alpha value is -1.44. The third-order valence-electron chi connectivity index (χ3n) is 2.66. The largest absolute Gasteiger partial charge is 0.508 e. The van der Waals surface area contributed by atoms with E-state index in [1.807, 2.05) is 25.2 Å². The summed E-state index contributed by atoms with van der Waals surface area (Å²) < 4.78 is 0. The molecule has 1 aromatic carbocycles. The van der Waals surface area contributed by atoms with Gasteiger partial charge in [-0.15, -0.1) is 0 Å². The van der Waals surface area contributed by atoms with Crippen LogP contribution in [0.15, 0.2) is 36.5 Å². The summed E-state index contributed by atoms with van der Waals surface area (Å²) in [6, 6.07) is 7.47. The van der Waals surface area contributed by atoms with E-state index in [0.29, 0.717) is 5.75 Å². The van der Waals surface area contributed by atoms with Gasteiger partial charge in [0.1, 0.15) is 5.75 Å². The summed E-state index contributed by atoms with van der Waals surface area (Å²) >= 11 is 0. The van der Waals surface area contributed by atoms with Crippen LogP contribution < -0.4 is 0 Å². The van der Waals surface area contributed by atoms with E-state index in [1.54, 1.807) is 6.07 Å². The van der Waals surface area contributed by atoms with Gasteiger partial charge in [-0.25, -0.2) is 0 Å². The predicted octanol–water partition coefficient (Wildman–Crippen LogP) is 2.79. The van der Waals surface area contributed by atoms with Gasteiger partial charge in [0.2, 0.25) is 0 Å². The van der Waals surface area contributed by atoms with Crippen molar-refractivity contribution in [2.45, 2.75) is 19.8 Å². The highest BCUT2D eigenvalue weighted by Crippen LogP contribution is 2.16. The number of benzene rings is 1. The maximum Gasteiger partial charge on any atom is 0.118 e. The lowest BCUT2D eigenvalue weighted by atomic mass is 10.1. The summed E-state index contributed by atoms with van der Waals surface area (Å²) in [7, 11) is 2.03. The van der Waals surface area contributed by atoms with Gasteiger partial charge in [-0.2, -0.15) is 0 Å². The summed E-state index contributed by atoms with van der Waals surface area (Å²) in [6.07, 6.45) is 1.82. The van der Waals surface area contributed by atoms with E-state index in [2.05, 4.69) is 18.4 Å². The first-order valence-electron chi connectivity index (χ1n) is 5.31. The molecule has 82 valence electrons. The van der Waals surface area contributed by atoms with Gasteiger partial charge in [0.15, 0.2) is 0 Å². The summed E-state index contributed by atoms with van der Waals surface area (Å²) in [5.41, 5.74) is 2.12. The fraction of sp³-hybridized carbons (Fsp3) is 0.385. The van der Waals surface area contributed by atoms with E-state index < -0.39 is 0 Å². The average molecular weight is 205 g/mol. The Labute approximate surface area is 91.9 Å². The summed E-state index contributed by atoms with van der Waals surface area (Å²) in [5, 5.41) is 9.58. The molecule has 0 amide bonds. The van der Waals surface area contributed by atoms with Crippen LogP contribution in [0.1, 0.15) is 18.9 Å².